The van der Waals surface area contributed by atoms with E-state index < -0.39 is 8.07 Å². The molecule has 1 aliphatic heterocycles. The Morgan fingerprint density at radius 1 is 0.591 bits per heavy atom. The van der Waals surface area contributed by atoms with Crippen LogP contribution in [0.5, 0.6) is 0 Å². The summed E-state index contributed by atoms with van der Waals surface area (Å²) in [5.41, 5.74) is 4.40. The topological polar surface area (TPSA) is 0 Å². The average Bonchev–Trinajstić information content (AvgIpc) is 2.56. The number of hydrogen-bond donors (Lipinski definition) is 0. The van der Waals surface area contributed by atoms with Gasteiger partial charge in [-0.15, -0.1) is 0 Å². The fourth-order valence-corrected chi connectivity index (χ4v) is 7.17. The lowest BCUT2D eigenvalue weighted by molar-refractivity contribution is 0.983. The van der Waals surface area contributed by atoms with E-state index in [2.05, 4.69) is 92.0 Å². The summed E-state index contributed by atoms with van der Waals surface area (Å²) >= 11 is 0. The second kappa shape index (κ2) is 4.96. The van der Waals surface area contributed by atoms with Crippen LogP contribution in [-0.2, 0) is 0 Å². The molecule has 0 N–H and O–H groups in total. The maximum atomic E-state index is 2.48. The first-order valence-corrected chi connectivity index (χ1v) is 10.9. The van der Waals surface area contributed by atoms with Gasteiger partial charge in [-0.1, -0.05) is 102 Å². The molecule has 4 rings (SSSR count). The van der Waals surface area contributed by atoms with Crippen LogP contribution in [0.25, 0.3) is 0 Å². The van der Waals surface area contributed by atoms with Crippen LogP contribution in [0.4, 0.5) is 0 Å². The van der Waals surface area contributed by atoms with E-state index in [-0.39, 0.29) is 0 Å². The number of fused-ring (bicyclic) bond motifs is 2. The molecule has 0 aliphatic carbocycles. The first kappa shape index (κ1) is 13.5. The van der Waals surface area contributed by atoms with E-state index in [0.29, 0.717) is 5.92 Å². The minimum absolute atomic E-state index is 0.370. The van der Waals surface area contributed by atoms with Crippen molar-refractivity contribution in [1.82, 2.24) is 0 Å². The van der Waals surface area contributed by atoms with Gasteiger partial charge in [0.25, 0.3) is 0 Å². The van der Waals surface area contributed by atoms with Crippen LogP contribution in [0, 0.1) is 0 Å². The van der Waals surface area contributed by atoms with Crippen molar-refractivity contribution in [3.05, 3.63) is 95.6 Å². The maximum Gasteiger partial charge on any atom is 0.113 e. The molecule has 3 aromatic rings. The quantitative estimate of drug-likeness (QED) is 0.596. The van der Waals surface area contributed by atoms with Gasteiger partial charge in [-0.25, -0.2) is 0 Å². The lowest BCUT2D eigenvalue weighted by Gasteiger charge is -2.38. The highest BCUT2D eigenvalue weighted by atomic mass is 28.3. The second-order valence-corrected chi connectivity index (χ2v) is 11.0. The van der Waals surface area contributed by atoms with Gasteiger partial charge in [0.05, 0.1) is 0 Å². The molecule has 108 valence electrons. The average molecular weight is 300 g/mol. The lowest BCUT2D eigenvalue weighted by atomic mass is 9.84. The Kier molecular flexibility index (Phi) is 3.05. The third-order valence-corrected chi connectivity index (χ3v) is 8.63. The van der Waals surface area contributed by atoms with Crippen molar-refractivity contribution < 1.29 is 0 Å². The van der Waals surface area contributed by atoms with Crippen LogP contribution >= 0.6 is 0 Å². The summed E-state index contributed by atoms with van der Waals surface area (Å²) in [4.78, 5) is 0. The molecule has 0 spiro atoms. The predicted octanol–water partition coefficient (Wildman–Crippen LogP) is 4.00. The van der Waals surface area contributed by atoms with E-state index >= 15 is 0 Å². The predicted molar refractivity (Wildman–Crippen MR) is 97.0 cm³/mol. The Morgan fingerprint density at radius 2 is 1.05 bits per heavy atom. The molecule has 1 heteroatoms. The Morgan fingerprint density at radius 3 is 1.59 bits per heavy atom. The van der Waals surface area contributed by atoms with E-state index in [9.17, 15) is 0 Å². The molecule has 3 aromatic carbocycles. The van der Waals surface area contributed by atoms with Crippen molar-refractivity contribution >= 4 is 18.4 Å². The molecular formula is C21H20Si. The smallest absolute Gasteiger partial charge is 0.0623 e. The Bertz CT molecular complexity index is 769. The zero-order valence-electron chi connectivity index (χ0n) is 13.1. The van der Waals surface area contributed by atoms with Crippen LogP contribution in [0.2, 0.25) is 13.1 Å². The molecule has 0 amide bonds. The van der Waals surface area contributed by atoms with Crippen molar-refractivity contribution in [2.45, 2.75) is 19.0 Å². The first-order chi connectivity index (χ1) is 10.7. The molecule has 0 fully saturated rings. The Labute approximate surface area is 133 Å². The van der Waals surface area contributed by atoms with Crippen LogP contribution in [0.1, 0.15) is 22.6 Å². The third-order valence-electron chi connectivity index (χ3n) is 5.02. The standard InChI is InChI=1S/C21H20Si/c1-22(2)19-14-8-6-12-17(19)21(16-10-4-3-5-11-16)18-13-7-9-15-20(18)22/h3-15,21H,1-2H3. The van der Waals surface area contributed by atoms with Gasteiger partial charge in [0, 0.05) is 5.92 Å². The van der Waals surface area contributed by atoms with Crippen LogP contribution in [0.15, 0.2) is 78.9 Å². The maximum absolute atomic E-state index is 2.48. The highest BCUT2D eigenvalue weighted by Gasteiger charge is 2.38. The highest BCUT2D eigenvalue weighted by Crippen LogP contribution is 2.35. The molecule has 0 aromatic heterocycles. The SMILES string of the molecule is C[Si]1(C)c2ccccc2C(c2ccccc2)c2ccccc21. The van der Waals surface area contributed by atoms with E-state index in [1.54, 1.807) is 10.4 Å². The van der Waals surface area contributed by atoms with Crippen molar-refractivity contribution in [2.75, 3.05) is 0 Å². The normalized spacial score (nSPS) is 15.9. The Balaban J connectivity index is 2.05. The van der Waals surface area contributed by atoms with Gasteiger partial charge in [-0.3, -0.25) is 0 Å². The summed E-state index contributed by atoms with van der Waals surface area (Å²) in [6.45, 7) is 4.96. The largest absolute Gasteiger partial charge is 0.113 e. The van der Waals surface area contributed by atoms with Crippen molar-refractivity contribution in [1.29, 1.82) is 0 Å². The fourth-order valence-electron chi connectivity index (χ4n) is 3.95. The molecule has 0 saturated carbocycles. The summed E-state index contributed by atoms with van der Waals surface area (Å²) in [7, 11) is -1.61. The van der Waals surface area contributed by atoms with Gasteiger partial charge in [0.15, 0.2) is 0 Å². The van der Waals surface area contributed by atoms with Gasteiger partial charge < -0.3 is 0 Å². The van der Waals surface area contributed by atoms with Gasteiger partial charge in [-0.2, -0.15) is 0 Å². The van der Waals surface area contributed by atoms with Crippen LogP contribution < -0.4 is 10.4 Å². The molecule has 0 unspecified atom stereocenters. The number of hydrogen-bond acceptors (Lipinski definition) is 0. The molecule has 1 aliphatic rings. The van der Waals surface area contributed by atoms with Gasteiger partial charge in [0.2, 0.25) is 0 Å². The number of benzene rings is 3. The van der Waals surface area contributed by atoms with Gasteiger partial charge in [-0.05, 0) is 16.7 Å². The molecular weight excluding hydrogens is 280 g/mol. The molecule has 0 bridgehead atoms. The molecule has 1 heterocycles. The van der Waals surface area contributed by atoms with E-state index in [4.69, 9.17) is 0 Å². The van der Waals surface area contributed by atoms with E-state index in [1.165, 1.54) is 16.7 Å². The van der Waals surface area contributed by atoms with E-state index in [1.807, 2.05) is 0 Å². The summed E-state index contributed by atoms with van der Waals surface area (Å²) in [6.07, 6.45) is 0. The van der Waals surface area contributed by atoms with Crippen molar-refractivity contribution in [2.24, 2.45) is 0 Å². The Hall–Kier alpha value is -2.12. The minimum atomic E-state index is -1.61. The third kappa shape index (κ3) is 1.89. The van der Waals surface area contributed by atoms with Crippen LogP contribution in [0.3, 0.4) is 0 Å². The zero-order chi connectivity index (χ0) is 15.2. The molecule has 0 radical (unpaired) electrons. The summed E-state index contributed by atoms with van der Waals surface area (Å²) in [5.74, 6) is 0.370. The summed E-state index contributed by atoms with van der Waals surface area (Å²) < 4.78 is 0. The summed E-state index contributed by atoms with van der Waals surface area (Å²) in [5, 5.41) is 3.17. The highest BCUT2D eigenvalue weighted by molar-refractivity contribution is 7.01. The second-order valence-electron chi connectivity index (χ2n) is 6.64. The fraction of sp³-hybridized carbons (Fsp3) is 0.143. The summed E-state index contributed by atoms with van der Waals surface area (Å²) in [6, 6.07) is 29.1. The first-order valence-electron chi connectivity index (χ1n) is 7.93. The van der Waals surface area contributed by atoms with Crippen LogP contribution in [-0.4, -0.2) is 8.07 Å². The van der Waals surface area contributed by atoms with Crippen molar-refractivity contribution in [3.63, 3.8) is 0 Å². The molecule has 0 saturated heterocycles. The molecule has 0 nitrogen and oxygen atoms in total. The van der Waals surface area contributed by atoms with Gasteiger partial charge in [0.1, 0.15) is 8.07 Å². The molecule has 22 heavy (non-hydrogen) atoms. The zero-order valence-corrected chi connectivity index (χ0v) is 14.1. The van der Waals surface area contributed by atoms with Crippen molar-refractivity contribution in [3.8, 4) is 0 Å². The number of rotatable bonds is 1. The lowest BCUT2D eigenvalue weighted by Crippen LogP contribution is -2.59. The monoisotopic (exact) mass is 300 g/mol. The van der Waals surface area contributed by atoms with Gasteiger partial charge >= 0.3 is 0 Å². The minimum Gasteiger partial charge on any atom is -0.0623 e. The molecule has 0 atom stereocenters. The van der Waals surface area contributed by atoms with E-state index in [0.717, 1.165) is 0 Å².